The molecule has 0 bridgehead atoms. The molecular formula is C18H18FN. The van der Waals surface area contributed by atoms with Gasteiger partial charge < -0.3 is 4.90 Å². The highest BCUT2D eigenvalue weighted by molar-refractivity contribution is 5.80. The van der Waals surface area contributed by atoms with Crippen molar-refractivity contribution in [3.8, 4) is 0 Å². The van der Waals surface area contributed by atoms with E-state index in [1.165, 1.54) is 36.2 Å². The van der Waals surface area contributed by atoms with E-state index in [4.69, 9.17) is 0 Å². The van der Waals surface area contributed by atoms with Gasteiger partial charge in [-0.15, -0.1) is 0 Å². The van der Waals surface area contributed by atoms with Crippen molar-refractivity contribution in [3.05, 3.63) is 71.5 Å². The van der Waals surface area contributed by atoms with E-state index in [9.17, 15) is 4.39 Å². The number of halogens is 1. The summed E-state index contributed by atoms with van der Waals surface area (Å²) in [6, 6.07) is 17.1. The minimum Gasteiger partial charge on any atom is -0.371 e. The molecular weight excluding hydrogens is 249 g/mol. The molecule has 0 saturated carbocycles. The summed E-state index contributed by atoms with van der Waals surface area (Å²) in [7, 11) is 0. The molecule has 1 aliphatic rings. The molecule has 102 valence electrons. The van der Waals surface area contributed by atoms with E-state index in [2.05, 4.69) is 35.2 Å². The highest BCUT2D eigenvalue weighted by Crippen LogP contribution is 2.26. The summed E-state index contributed by atoms with van der Waals surface area (Å²) in [5.74, 6) is -0.190. The van der Waals surface area contributed by atoms with Gasteiger partial charge in [0.2, 0.25) is 0 Å². The molecule has 0 unspecified atom stereocenters. The van der Waals surface area contributed by atoms with Crippen molar-refractivity contribution in [1.29, 1.82) is 0 Å². The Labute approximate surface area is 119 Å². The molecule has 20 heavy (non-hydrogen) atoms. The van der Waals surface area contributed by atoms with Crippen LogP contribution >= 0.6 is 0 Å². The molecule has 0 radical (unpaired) electrons. The predicted octanol–water partition coefficient (Wildman–Crippen LogP) is 4.42. The van der Waals surface area contributed by atoms with Gasteiger partial charge >= 0.3 is 0 Å². The van der Waals surface area contributed by atoms with E-state index in [1.54, 1.807) is 0 Å². The molecule has 2 aromatic carbocycles. The van der Waals surface area contributed by atoms with Gasteiger partial charge in [-0.05, 0) is 42.2 Å². The second kappa shape index (κ2) is 5.91. The largest absolute Gasteiger partial charge is 0.371 e. The van der Waals surface area contributed by atoms with Gasteiger partial charge in [-0.25, -0.2) is 4.39 Å². The van der Waals surface area contributed by atoms with Crippen LogP contribution in [0.25, 0.3) is 11.8 Å². The Hall–Kier alpha value is -2.09. The van der Waals surface area contributed by atoms with Crippen molar-refractivity contribution in [1.82, 2.24) is 4.90 Å². The highest BCUT2D eigenvalue weighted by Gasteiger charge is 2.16. The zero-order valence-corrected chi connectivity index (χ0v) is 11.4. The van der Waals surface area contributed by atoms with Gasteiger partial charge in [0, 0.05) is 18.8 Å². The fraction of sp³-hybridized carbons (Fsp3) is 0.222. The number of hydrogen-bond acceptors (Lipinski definition) is 1. The second-order valence-electron chi connectivity index (χ2n) is 5.14. The lowest BCUT2D eigenvalue weighted by molar-refractivity contribution is 0.495. The van der Waals surface area contributed by atoms with Gasteiger partial charge in [0.15, 0.2) is 0 Å². The van der Waals surface area contributed by atoms with Gasteiger partial charge in [-0.3, -0.25) is 0 Å². The summed E-state index contributed by atoms with van der Waals surface area (Å²) >= 11 is 0. The Bertz CT molecular complexity index is 581. The normalized spacial score (nSPS) is 15.7. The fourth-order valence-corrected chi connectivity index (χ4v) is 2.64. The maximum absolute atomic E-state index is 13.0. The monoisotopic (exact) mass is 267 g/mol. The van der Waals surface area contributed by atoms with Crippen molar-refractivity contribution in [2.24, 2.45) is 0 Å². The van der Waals surface area contributed by atoms with Gasteiger partial charge in [0.25, 0.3) is 0 Å². The van der Waals surface area contributed by atoms with Crippen LogP contribution in [0.4, 0.5) is 4.39 Å². The van der Waals surface area contributed by atoms with Crippen molar-refractivity contribution >= 4 is 11.8 Å². The molecule has 0 aromatic heterocycles. The Morgan fingerprint density at radius 1 is 0.900 bits per heavy atom. The van der Waals surface area contributed by atoms with E-state index < -0.39 is 0 Å². The zero-order chi connectivity index (χ0) is 13.8. The summed E-state index contributed by atoms with van der Waals surface area (Å²) in [6.07, 6.45) is 4.64. The zero-order valence-electron chi connectivity index (χ0n) is 11.4. The smallest absolute Gasteiger partial charge is 0.123 e. The topological polar surface area (TPSA) is 3.24 Å². The maximum Gasteiger partial charge on any atom is 0.123 e. The number of likely N-dealkylation sites (tertiary alicyclic amines) is 1. The summed E-state index contributed by atoms with van der Waals surface area (Å²) in [5, 5.41) is 0. The van der Waals surface area contributed by atoms with Crippen LogP contribution in [0.15, 0.2) is 54.6 Å². The first kappa shape index (κ1) is 12.9. The Morgan fingerprint density at radius 2 is 1.55 bits per heavy atom. The first-order chi connectivity index (χ1) is 9.83. The summed E-state index contributed by atoms with van der Waals surface area (Å²) in [6.45, 7) is 2.20. The molecule has 3 rings (SSSR count). The molecule has 1 fully saturated rings. The predicted molar refractivity (Wildman–Crippen MR) is 81.5 cm³/mol. The number of hydrogen-bond donors (Lipinski definition) is 0. The summed E-state index contributed by atoms with van der Waals surface area (Å²) < 4.78 is 13.0. The highest BCUT2D eigenvalue weighted by atomic mass is 19.1. The van der Waals surface area contributed by atoms with E-state index in [0.717, 1.165) is 18.7 Å². The van der Waals surface area contributed by atoms with Crippen LogP contribution in [0.2, 0.25) is 0 Å². The van der Waals surface area contributed by atoms with Crippen LogP contribution in [-0.4, -0.2) is 18.0 Å². The molecule has 1 aliphatic heterocycles. The third-order valence-electron chi connectivity index (χ3n) is 3.69. The molecule has 1 nitrogen and oxygen atoms in total. The summed E-state index contributed by atoms with van der Waals surface area (Å²) in [5.41, 5.74) is 3.49. The van der Waals surface area contributed by atoms with Crippen LogP contribution in [0.1, 0.15) is 24.0 Å². The van der Waals surface area contributed by atoms with Gasteiger partial charge in [-0.2, -0.15) is 0 Å². The molecule has 0 aliphatic carbocycles. The van der Waals surface area contributed by atoms with Crippen molar-refractivity contribution in [2.75, 3.05) is 13.1 Å². The Balaban J connectivity index is 1.98. The molecule has 1 heterocycles. The molecule has 0 amide bonds. The molecule has 2 aromatic rings. The summed E-state index contributed by atoms with van der Waals surface area (Å²) in [4.78, 5) is 2.42. The van der Waals surface area contributed by atoms with Crippen molar-refractivity contribution in [3.63, 3.8) is 0 Å². The first-order valence-corrected chi connectivity index (χ1v) is 7.10. The SMILES string of the molecule is Fc1ccc(/C=C(\c2ccccc2)N2CCCC2)cc1. The van der Waals surface area contributed by atoms with Crippen LogP contribution in [-0.2, 0) is 0 Å². The lowest BCUT2D eigenvalue weighted by atomic mass is 10.1. The maximum atomic E-state index is 13.0. The van der Waals surface area contributed by atoms with Crippen molar-refractivity contribution in [2.45, 2.75) is 12.8 Å². The first-order valence-electron chi connectivity index (χ1n) is 7.10. The minimum absolute atomic E-state index is 0.190. The molecule has 0 N–H and O–H groups in total. The molecule has 2 heteroatoms. The molecule has 0 spiro atoms. The van der Waals surface area contributed by atoms with Crippen LogP contribution in [0, 0.1) is 5.82 Å². The van der Waals surface area contributed by atoms with Crippen LogP contribution in [0.5, 0.6) is 0 Å². The number of nitrogens with zero attached hydrogens (tertiary/aromatic N) is 1. The van der Waals surface area contributed by atoms with Gasteiger partial charge in [0.1, 0.15) is 5.82 Å². The quantitative estimate of drug-likeness (QED) is 0.744. The van der Waals surface area contributed by atoms with E-state index in [0.29, 0.717) is 0 Å². The van der Waals surface area contributed by atoms with E-state index in [1.807, 2.05) is 18.2 Å². The van der Waals surface area contributed by atoms with Gasteiger partial charge in [0.05, 0.1) is 0 Å². The standard InChI is InChI=1S/C18H18FN/c19-17-10-8-15(9-11-17)14-18(20-12-4-5-13-20)16-6-2-1-3-7-16/h1-3,6-11,14H,4-5,12-13H2/b18-14+. The van der Waals surface area contributed by atoms with Gasteiger partial charge in [-0.1, -0.05) is 42.5 Å². The third kappa shape index (κ3) is 2.90. The van der Waals surface area contributed by atoms with E-state index in [-0.39, 0.29) is 5.82 Å². The Kier molecular flexibility index (Phi) is 3.82. The average molecular weight is 267 g/mol. The van der Waals surface area contributed by atoms with Crippen LogP contribution < -0.4 is 0 Å². The lowest BCUT2D eigenvalue weighted by Crippen LogP contribution is -2.17. The minimum atomic E-state index is -0.190. The second-order valence-corrected chi connectivity index (χ2v) is 5.14. The third-order valence-corrected chi connectivity index (χ3v) is 3.69. The van der Waals surface area contributed by atoms with E-state index >= 15 is 0 Å². The van der Waals surface area contributed by atoms with Crippen molar-refractivity contribution < 1.29 is 4.39 Å². The lowest BCUT2D eigenvalue weighted by Gasteiger charge is -2.22. The number of benzene rings is 2. The Morgan fingerprint density at radius 3 is 2.20 bits per heavy atom. The van der Waals surface area contributed by atoms with Crippen LogP contribution in [0.3, 0.4) is 0 Å². The molecule has 1 saturated heterocycles. The fourth-order valence-electron chi connectivity index (χ4n) is 2.64. The average Bonchev–Trinajstić information content (AvgIpc) is 3.01. The number of rotatable bonds is 3. The molecule has 0 atom stereocenters.